The molecule has 0 aromatic carbocycles. The Balaban J connectivity index is 1.87. The fraction of sp³-hybridized carbons (Fsp3) is 0.538. The van der Waals surface area contributed by atoms with Crippen LogP contribution in [0.15, 0.2) is 15.7 Å². The normalized spacial score (nSPS) is 17.9. The average Bonchev–Trinajstić information content (AvgIpc) is 3.13. The molecule has 0 bridgehead atoms. The van der Waals surface area contributed by atoms with Crippen LogP contribution < -0.4 is 9.46 Å². The number of aryl methyl sites for hydroxylation is 1. The van der Waals surface area contributed by atoms with Crippen LogP contribution in [0.1, 0.15) is 30.5 Å². The Kier molecular flexibility index (Phi) is 4.67. The Bertz CT molecular complexity index is 784. The highest BCUT2D eigenvalue weighted by atomic mass is 32.2. The second kappa shape index (κ2) is 6.56. The van der Waals surface area contributed by atoms with Crippen molar-refractivity contribution >= 4 is 21.4 Å². The first kappa shape index (κ1) is 16.4. The monoisotopic (exact) mass is 358 g/mol. The number of rotatable bonds is 6. The predicted octanol–water partition coefficient (Wildman–Crippen LogP) is 1.31. The number of thiophene rings is 1. The Morgan fingerprint density at radius 3 is 3.04 bits per heavy atom. The molecule has 0 aliphatic carbocycles. The Morgan fingerprint density at radius 2 is 2.30 bits per heavy atom. The van der Waals surface area contributed by atoms with Crippen molar-refractivity contribution in [1.82, 2.24) is 19.5 Å². The summed E-state index contributed by atoms with van der Waals surface area (Å²) in [6, 6.07) is 1.23. The van der Waals surface area contributed by atoms with Gasteiger partial charge >= 0.3 is 0 Å². The van der Waals surface area contributed by atoms with E-state index in [0.29, 0.717) is 30.4 Å². The molecule has 3 heterocycles. The van der Waals surface area contributed by atoms with Crippen molar-refractivity contribution < 1.29 is 17.9 Å². The highest BCUT2D eigenvalue weighted by molar-refractivity contribution is 7.91. The number of aromatic nitrogens is 3. The third-order valence-electron chi connectivity index (χ3n) is 3.55. The molecule has 1 atom stereocenters. The summed E-state index contributed by atoms with van der Waals surface area (Å²) in [5, 5.41) is 6.03. The fourth-order valence-electron chi connectivity index (χ4n) is 2.57. The van der Waals surface area contributed by atoms with Gasteiger partial charge in [-0.15, -0.1) is 11.3 Å². The van der Waals surface area contributed by atoms with E-state index < -0.39 is 16.1 Å². The quantitative estimate of drug-likeness (QED) is 0.836. The topological polar surface area (TPSA) is 95.3 Å². The molecule has 23 heavy (non-hydrogen) atoms. The average molecular weight is 358 g/mol. The lowest BCUT2D eigenvalue weighted by Crippen LogP contribution is -2.33. The number of nitrogens with zero attached hydrogens (tertiary/aromatic N) is 3. The van der Waals surface area contributed by atoms with E-state index >= 15 is 0 Å². The summed E-state index contributed by atoms with van der Waals surface area (Å²) in [4.78, 5) is 4.40. The minimum absolute atomic E-state index is 0.175. The van der Waals surface area contributed by atoms with E-state index in [2.05, 4.69) is 14.8 Å². The number of sulfonamides is 1. The van der Waals surface area contributed by atoms with Crippen LogP contribution in [0, 0.1) is 0 Å². The molecule has 2 aromatic rings. The third-order valence-corrected chi connectivity index (χ3v) is 6.47. The second-order valence-corrected chi connectivity index (χ2v) is 7.96. The first-order valence-electron chi connectivity index (χ1n) is 7.11. The number of nitrogens with one attached hydrogen (secondary N) is 1. The number of fused-ring (bicyclic) bond motifs is 1. The molecule has 10 heteroatoms. The third kappa shape index (κ3) is 3.25. The maximum absolute atomic E-state index is 12.6. The van der Waals surface area contributed by atoms with Crippen molar-refractivity contribution in [2.45, 2.75) is 36.2 Å². The lowest BCUT2D eigenvalue weighted by atomic mass is 10.1. The molecular weight excluding hydrogens is 340 g/mol. The molecule has 1 N–H and O–H groups in total. The van der Waals surface area contributed by atoms with Gasteiger partial charge in [-0.1, -0.05) is 0 Å². The van der Waals surface area contributed by atoms with Crippen LogP contribution in [0.3, 0.4) is 0 Å². The van der Waals surface area contributed by atoms with Gasteiger partial charge in [0.25, 0.3) is 10.0 Å². The van der Waals surface area contributed by atoms with E-state index in [9.17, 15) is 8.42 Å². The van der Waals surface area contributed by atoms with Gasteiger partial charge in [-0.3, -0.25) is 0 Å². The molecule has 0 fully saturated rings. The van der Waals surface area contributed by atoms with Gasteiger partial charge in [-0.25, -0.2) is 18.1 Å². The lowest BCUT2D eigenvalue weighted by Gasteiger charge is -2.22. The maximum atomic E-state index is 12.6. The standard InChI is InChI=1S/C13H18N4O4S2/c1-20-8-11-14-12-9(4-3-6-17(12)15-11)16-23(18,19)13-10(21-2)5-7-22-13/h5,7,9,16H,3-4,6,8H2,1-2H3/t9-/m0/s1. The van der Waals surface area contributed by atoms with Gasteiger partial charge in [0.15, 0.2) is 10.0 Å². The lowest BCUT2D eigenvalue weighted by molar-refractivity contribution is 0.177. The van der Waals surface area contributed by atoms with Crippen molar-refractivity contribution in [2.75, 3.05) is 14.2 Å². The van der Waals surface area contributed by atoms with E-state index in [1.807, 2.05) is 0 Å². The van der Waals surface area contributed by atoms with Crippen LogP contribution >= 0.6 is 11.3 Å². The minimum Gasteiger partial charge on any atom is -0.494 e. The largest absolute Gasteiger partial charge is 0.494 e. The first-order chi connectivity index (χ1) is 11.0. The molecule has 0 amide bonds. The summed E-state index contributed by atoms with van der Waals surface area (Å²) in [5.74, 6) is 1.53. The van der Waals surface area contributed by atoms with Crippen LogP contribution in [-0.4, -0.2) is 37.4 Å². The molecule has 0 saturated heterocycles. The summed E-state index contributed by atoms with van der Waals surface area (Å²) in [5.41, 5.74) is 0. The summed E-state index contributed by atoms with van der Waals surface area (Å²) in [6.07, 6.45) is 1.51. The van der Waals surface area contributed by atoms with Gasteiger partial charge in [0.1, 0.15) is 18.2 Å². The Labute approximate surface area is 138 Å². The summed E-state index contributed by atoms with van der Waals surface area (Å²) < 4.78 is 40.0. The van der Waals surface area contributed by atoms with Crippen LogP contribution in [0.4, 0.5) is 0 Å². The molecule has 2 aromatic heterocycles. The Morgan fingerprint density at radius 1 is 1.48 bits per heavy atom. The fourth-order valence-corrected chi connectivity index (χ4v) is 5.09. The van der Waals surface area contributed by atoms with E-state index in [4.69, 9.17) is 9.47 Å². The van der Waals surface area contributed by atoms with Crippen LogP contribution in [-0.2, 0) is 27.9 Å². The first-order valence-corrected chi connectivity index (χ1v) is 9.48. The second-order valence-electron chi connectivity index (χ2n) is 5.13. The van der Waals surface area contributed by atoms with Crippen LogP contribution in [0.5, 0.6) is 5.75 Å². The zero-order chi connectivity index (χ0) is 16.4. The zero-order valence-electron chi connectivity index (χ0n) is 12.9. The van der Waals surface area contributed by atoms with Gasteiger partial charge in [0.05, 0.1) is 13.2 Å². The molecule has 0 spiro atoms. The van der Waals surface area contributed by atoms with Crippen molar-refractivity contribution in [3.63, 3.8) is 0 Å². The van der Waals surface area contributed by atoms with Gasteiger partial charge in [0, 0.05) is 13.7 Å². The molecular formula is C13H18N4O4S2. The Hall–Kier alpha value is -1.49. The molecule has 0 radical (unpaired) electrons. The smallest absolute Gasteiger partial charge is 0.254 e. The van der Waals surface area contributed by atoms with E-state index in [1.54, 1.807) is 23.2 Å². The number of methoxy groups -OCH3 is 2. The van der Waals surface area contributed by atoms with Crippen molar-refractivity contribution in [2.24, 2.45) is 0 Å². The van der Waals surface area contributed by atoms with Gasteiger partial charge in [-0.05, 0) is 24.3 Å². The summed E-state index contributed by atoms with van der Waals surface area (Å²) in [6.45, 7) is 1.03. The molecule has 8 nitrogen and oxygen atoms in total. The van der Waals surface area contributed by atoms with Crippen LogP contribution in [0.2, 0.25) is 0 Å². The van der Waals surface area contributed by atoms with Gasteiger partial charge < -0.3 is 9.47 Å². The van der Waals surface area contributed by atoms with Crippen molar-refractivity contribution in [1.29, 1.82) is 0 Å². The van der Waals surface area contributed by atoms with E-state index in [0.717, 1.165) is 24.3 Å². The highest BCUT2D eigenvalue weighted by Crippen LogP contribution is 2.32. The molecule has 1 aliphatic heterocycles. The molecule has 0 unspecified atom stereocenters. The number of hydrogen-bond donors (Lipinski definition) is 1. The highest BCUT2D eigenvalue weighted by Gasteiger charge is 2.31. The predicted molar refractivity (Wildman–Crippen MR) is 83.9 cm³/mol. The van der Waals surface area contributed by atoms with E-state index in [1.165, 1.54) is 7.11 Å². The van der Waals surface area contributed by atoms with E-state index in [-0.39, 0.29) is 4.21 Å². The number of ether oxygens (including phenoxy) is 2. The minimum atomic E-state index is -3.67. The van der Waals surface area contributed by atoms with Crippen LogP contribution in [0.25, 0.3) is 0 Å². The summed E-state index contributed by atoms with van der Waals surface area (Å²) >= 11 is 1.13. The van der Waals surface area contributed by atoms with Gasteiger partial charge in [0.2, 0.25) is 0 Å². The number of hydrogen-bond acceptors (Lipinski definition) is 7. The molecule has 0 saturated carbocycles. The molecule has 1 aliphatic rings. The SMILES string of the molecule is COCc1nc2n(n1)CCC[C@@H]2NS(=O)(=O)c1sccc1OC. The zero-order valence-corrected chi connectivity index (χ0v) is 14.5. The van der Waals surface area contributed by atoms with Crippen molar-refractivity contribution in [3.8, 4) is 5.75 Å². The van der Waals surface area contributed by atoms with Gasteiger partial charge in [-0.2, -0.15) is 9.82 Å². The van der Waals surface area contributed by atoms with Crippen molar-refractivity contribution in [3.05, 3.63) is 23.1 Å². The molecule has 126 valence electrons. The summed E-state index contributed by atoms with van der Waals surface area (Å²) in [7, 11) is -0.648. The molecule has 3 rings (SSSR count). The maximum Gasteiger partial charge on any atom is 0.254 e.